The molecule has 0 radical (unpaired) electrons. The third-order valence-corrected chi connectivity index (χ3v) is 6.71. The minimum absolute atomic E-state index is 0.00512. The Bertz CT molecular complexity index is 1010. The molecule has 7 heteroatoms. The standard InChI is InChI=1S/C21H23FN2O3S/c1-14-6-11-18(28(26,27)23-16-7-8-16)12-19(14)21(25)24(17-9-10-17)13-15-4-2-3-5-20(15)22/h2-6,11-12,16-17,23H,7-10,13H2,1H3. The number of carbonyl (C=O) groups excluding carboxylic acids is 1. The van der Waals surface area contributed by atoms with Gasteiger partial charge < -0.3 is 4.90 Å². The molecule has 0 aliphatic heterocycles. The summed E-state index contributed by atoms with van der Waals surface area (Å²) in [6.07, 6.45) is 3.44. The van der Waals surface area contributed by atoms with Crippen LogP contribution in [0, 0.1) is 12.7 Å². The molecule has 28 heavy (non-hydrogen) atoms. The third-order valence-electron chi connectivity index (χ3n) is 5.20. The number of nitrogens with one attached hydrogen (secondary N) is 1. The smallest absolute Gasteiger partial charge is 0.254 e. The molecule has 2 saturated carbocycles. The van der Waals surface area contributed by atoms with E-state index in [0.29, 0.717) is 16.7 Å². The van der Waals surface area contributed by atoms with Gasteiger partial charge in [0.2, 0.25) is 10.0 Å². The lowest BCUT2D eigenvalue weighted by Crippen LogP contribution is -2.33. The second-order valence-corrected chi connectivity index (χ2v) is 9.34. The van der Waals surface area contributed by atoms with Crippen LogP contribution in [0.25, 0.3) is 0 Å². The van der Waals surface area contributed by atoms with Crippen molar-refractivity contribution in [2.45, 2.75) is 56.1 Å². The first-order valence-electron chi connectivity index (χ1n) is 9.52. The summed E-state index contributed by atoms with van der Waals surface area (Å²) in [6, 6.07) is 11.1. The predicted octanol–water partition coefficient (Wildman–Crippen LogP) is 3.38. The van der Waals surface area contributed by atoms with Gasteiger partial charge >= 0.3 is 0 Å². The van der Waals surface area contributed by atoms with Gasteiger partial charge in [-0.2, -0.15) is 0 Å². The van der Waals surface area contributed by atoms with Crippen molar-refractivity contribution in [3.8, 4) is 0 Å². The van der Waals surface area contributed by atoms with Gasteiger partial charge in [0.05, 0.1) is 4.90 Å². The van der Waals surface area contributed by atoms with Gasteiger partial charge in [-0.1, -0.05) is 24.3 Å². The molecular weight excluding hydrogens is 379 g/mol. The lowest BCUT2D eigenvalue weighted by atomic mass is 10.1. The highest BCUT2D eigenvalue weighted by Gasteiger charge is 2.35. The van der Waals surface area contributed by atoms with Crippen LogP contribution in [0.15, 0.2) is 47.4 Å². The summed E-state index contributed by atoms with van der Waals surface area (Å²) < 4.78 is 41.8. The van der Waals surface area contributed by atoms with Crippen LogP contribution in [-0.4, -0.2) is 31.3 Å². The van der Waals surface area contributed by atoms with Crippen molar-refractivity contribution in [3.05, 3.63) is 65.0 Å². The average Bonchev–Trinajstić information content (AvgIpc) is 3.55. The lowest BCUT2D eigenvalue weighted by molar-refractivity contribution is 0.0727. The number of halogens is 1. The number of amides is 1. The van der Waals surface area contributed by atoms with Crippen LogP contribution in [-0.2, 0) is 16.6 Å². The summed E-state index contributed by atoms with van der Waals surface area (Å²) in [5, 5.41) is 0. The molecule has 5 nitrogen and oxygen atoms in total. The van der Waals surface area contributed by atoms with Crippen LogP contribution in [0.3, 0.4) is 0 Å². The molecular formula is C21H23FN2O3S. The third kappa shape index (κ3) is 4.10. The number of sulfonamides is 1. The van der Waals surface area contributed by atoms with Crippen LogP contribution in [0.4, 0.5) is 4.39 Å². The van der Waals surface area contributed by atoms with Gasteiger partial charge in [0.15, 0.2) is 0 Å². The van der Waals surface area contributed by atoms with Gasteiger partial charge in [0.1, 0.15) is 5.82 Å². The van der Waals surface area contributed by atoms with E-state index in [-0.39, 0.29) is 35.2 Å². The van der Waals surface area contributed by atoms with Crippen LogP contribution in [0.2, 0.25) is 0 Å². The van der Waals surface area contributed by atoms with E-state index in [9.17, 15) is 17.6 Å². The Labute approximate surface area is 164 Å². The summed E-state index contributed by atoms with van der Waals surface area (Å²) >= 11 is 0. The molecule has 0 heterocycles. The molecule has 2 fully saturated rings. The molecule has 0 saturated heterocycles. The summed E-state index contributed by atoms with van der Waals surface area (Å²) in [6.45, 7) is 1.96. The van der Waals surface area contributed by atoms with E-state index in [1.807, 2.05) is 0 Å². The topological polar surface area (TPSA) is 66.5 Å². The fourth-order valence-electron chi connectivity index (χ4n) is 3.21. The van der Waals surface area contributed by atoms with Crippen molar-refractivity contribution in [2.24, 2.45) is 0 Å². The van der Waals surface area contributed by atoms with Crippen molar-refractivity contribution in [3.63, 3.8) is 0 Å². The van der Waals surface area contributed by atoms with Gasteiger partial charge in [0.25, 0.3) is 5.91 Å². The second kappa shape index (κ2) is 7.29. The normalized spacial score (nSPS) is 16.8. The predicted molar refractivity (Wildman–Crippen MR) is 104 cm³/mol. The lowest BCUT2D eigenvalue weighted by Gasteiger charge is -2.24. The highest BCUT2D eigenvalue weighted by molar-refractivity contribution is 7.89. The van der Waals surface area contributed by atoms with E-state index in [1.165, 1.54) is 18.2 Å². The molecule has 148 valence electrons. The van der Waals surface area contributed by atoms with Gasteiger partial charge in [-0.3, -0.25) is 4.79 Å². The average molecular weight is 402 g/mol. The Morgan fingerprint density at radius 3 is 2.50 bits per heavy atom. The van der Waals surface area contributed by atoms with Crippen molar-refractivity contribution in [1.82, 2.24) is 9.62 Å². The zero-order valence-corrected chi connectivity index (χ0v) is 16.5. The van der Waals surface area contributed by atoms with Crippen molar-refractivity contribution < 1.29 is 17.6 Å². The van der Waals surface area contributed by atoms with Crippen molar-refractivity contribution >= 4 is 15.9 Å². The largest absolute Gasteiger partial charge is 0.331 e. The van der Waals surface area contributed by atoms with Crippen molar-refractivity contribution in [1.29, 1.82) is 0 Å². The zero-order valence-electron chi connectivity index (χ0n) is 15.7. The number of carbonyl (C=O) groups is 1. The number of aryl methyl sites for hydroxylation is 1. The maximum atomic E-state index is 14.1. The Kier molecular flexibility index (Phi) is 4.97. The number of hydrogen-bond donors (Lipinski definition) is 1. The molecule has 2 aliphatic rings. The summed E-state index contributed by atoms with van der Waals surface area (Å²) in [7, 11) is -3.65. The van der Waals surface area contributed by atoms with E-state index in [1.54, 1.807) is 36.1 Å². The monoisotopic (exact) mass is 402 g/mol. The van der Waals surface area contributed by atoms with E-state index in [4.69, 9.17) is 0 Å². The van der Waals surface area contributed by atoms with Gasteiger partial charge in [-0.25, -0.2) is 17.5 Å². The minimum Gasteiger partial charge on any atom is -0.331 e. The molecule has 0 unspecified atom stereocenters. The van der Waals surface area contributed by atoms with Gasteiger partial charge in [0, 0.05) is 29.8 Å². The molecule has 4 rings (SSSR count). The van der Waals surface area contributed by atoms with E-state index in [0.717, 1.165) is 25.7 Å². The van der Waals surface area contributed by atoms with E-state index in [2.05, 4.69) is 4.72 Å². The maximum Gasteiger partial charge on any atom is 0.254 e. The summed E-state index contributed by atoms with van der Waals surface area (Å²) in [5.41, 5.74) is 1.51. The SMILES string of the molecule is Cc1ccc(S(=O)(=O)NC2CC2)cc1C(=O)N(Cc1ccccc1F)C1CC1. The molecule has 0 atom stereocenters. The Balaban J connectivity index is 1.63. The highest BCUT2D eigenvalue weighted by Crippen LogP contribution is 2.31. The fraction of sp³-hybridized carbons (Fsp3) is 0.381. The van der Waals surface area contributed by atoms with Gasteiger partial charge in [-0.05, 0) is 56.4 Å². The Morgan fingerprint density at radius 2 is 1.86 bits per heavy atom. The molecule has 2 aromatic rings. The fourth-order valence-corrected chi connectivity index (χ4v) is 4.54. The number of benzene rings is 2. The van der Waals surface area contributed by atoms with Gasteiger partial charge in [-0.15, -0.1) is 0 Å². The minimum atomic E-state index is -3.65. The van der Waals surface area contributed by atoms with E-state index < -0.39 is 10.0 Å². The van der Waals surface area contributed by atoms with Crippen molar-refractivity contribution in [2.75, 3.05) is 0 Å². The first-order valence-corrected chi connectivity index (χ1v) is 11.0. The molecule has 2 aromatic carbocycles. The number of hydrogen-bond acceptors (Lipinski definition) is 3. The summed E-state index contributed by atoms with van der Waals surface area (Å²) in [4.78, 5) is 15.0. The molecule has 0 bridgehead atoms. The summed E-state index contributed by atoms with van der Waals surface area (Å²) in [5.74, 6) is -0.602. The Morgan fingerprint density at radius 1 is 1.14 bits per heavy atom. The maximum absolute atomic E-state index is 14.1. The zero-order chi connectivity index (χ0) is 19.9. The molecule has 1 amide bonds. The first-order chi connectivity index (χ1) is 13.3. The number of rotatable bonds is 7. The molecule has 0 aromatic heterocycles. The molecule has 0 spiro atoms. The van der Waals surface area contributed by atoms with Crippen LogP contribution >= 0.6 is 0 Å². The van der Waals surface area contributed by atoms with Crippen LogP contribution in [0.5, 0.6) is 0 Å². The Hall–Kier alpha value is -2.25. The highest BCUT2D eigenvalue weighted by atomic mass is 32.2. The van der Waals surface area contributed by atoms with E-state index >= 15 is 0 Å². The quantitative estimate of drug-likeness (QED) is 0.772. The number of nitrogens with zero attached hydrogens (tertiary/aromatic N) is 1. The van der Waals surface area contributed by atoms with Crippen LogP contribution < -0.4 is 4.72 Å². The second-order valence-electron chi connectivity index (χ2n) is 7.63. The van der Waals surface area contributed by atoms with Crippen LogP contribution in [0.1, 0.15) is 47.2 Å². The molecule has 2 aliphatic carbocycles. The molecule has 1 N–H and O–H groups in total. The first kappa shape index (κ1) is 19.1.